The van der Waals surface area contributed by atoms with Gasteiger partial charge in [0.15, 0.2) is 0 Å². The van der Waals surface area contributed by atoms with Crippen LogP contribution in [0.1, 0.15) is 30.7 Å². The second kappa shape index (κ2) is 9.43. The molecule has 1 aliphatic heterocycles. The number of nitrogens with two attached hydrogens (primary N) is 1. The Morgan fingerprint density at radius 2 is 2.28 bits per heavy atom. The first-order chi connectivity index (χ1) is 11.7. The summed E-state index contributed by atoms with van der Waals surface area (Å²) in [5.41, 5.74) is 6.26. The van der Waals surface area contributed by atoms with Crippen molar-refractivity contribution in [2.24, 2.45) is 5.73 Å². The summed E-state index contributed by atoms with van der Waals surface area (Å²) in [6.45, 7) is 2.78. The number of nitrogens with zero attached hydrogens (tertiary/aromatic N) is 2. The Morgan fingerprint density at radius 3 is 3.08 bits per heavy atom. The Morgan fingerprint density at radius 1 is 1.44 bits per heavy atom. The third-order valence-corrected chi connectivity index (χ3v) is 5.39. The molecule has 0 spiro atoms. The molecule has 1 fully saturated rings. The number of rotatable bonds is 6. The minimum atomic E-state index is -0.226. The second-order valence-electron chi connectivity index (χ2n) is 6.18. The molecule has 2 aromatic rings. The van der Waals surface area contributed by atoms with Crippen molar-refractivity contribution in [3.63, 3.8) is 0 Å². The number of benzene rings is 1. The molecule has 1 aromatic carbocycles. The third kappa shape index (κ3) is 5.34. The average Bonchev–Trinajstić information content (AvgIpc) is 2.95. The van der Waals surface area contributed by atoms with E-state index < -0.39 is 0 Å². The lowest BCUT2D eigenvalue weighted by Crippen LogP contribution is -2.46. The van der Waals surface area contributed by atoms with Gasteiger partial charge in [0.2, 0.25) is 5.91 Å². The first-order valence-electron chi connectivity index (χ1n) is 8.41. The maximum absolute atomic E-state index is 13.3. The molecule has 0 aliphatic carbocycles. The van der Waals surface area contributed by atoms with Crippen molar-refractivity contribution >= 4 is 39.9 Å². The van der Waals surface area contributed by atoms with Gasteiger partial charge in [-0.2, -0.15) is 0 Å². The molecular formula is C17H24ClFN4OS. The highest BCUT2D eigenvalue weighted by atomic mass is 35.5. The molecule has 5 nitrogen and oxygen atoms in total. The van der Waals surface area contributed by atoms with Crippen LogP contribution in [0.2, 0.25) is 0 Å². The molecule has 1 amide bonds. The van der Waals surface area contributed by atoms with Crippen LogP contribution in [0.3, 0.4) is 0 Å². The summed E-state index contributed by atoms with van der Waals surface area (Å²) < 4.78 is 14.2. The fraction of sp³-hybridized carbons (Fsp3) is 0.529. The number of nitrogens with one attached hydrogen (secondary N) is 1. The summed E-state index contributed by atoms with van der Waals surface area (Å²) in [6, 6.07) is 5.04. The van der Waals surface area contributed by atoms with Gasteiger partial charge >= 0.3 is 0 Å². The fourth-order valence-electron chi connectivity index (χ4n) is 3.14. The van der Waals surface area contributed by atoms with Crippen LogP contribution >= 0.6 is 23.7 Å². The van der Waals surface area contributed by atoms with E-state index in [1.165, 1.54) is 18.6 Å². The number of amides is 1. The van der Waals surface area contributed by atoms with Crippen LogP contribution in [0, 0.1) is 5.82 Å². The fourth-order valence-corrected chi connectivity index (χ4v) is 4.16. The molecule has 1 unspecified atom stereocenters. The number of piperidine rings is 1. The molecule has 1 saturated heterocycles. The zero-order valence-electron chi connectivity index (χ0n) is 14.0. The van der Waals surface area contributed by atoms with Crippen molar-refractivity contribution < 1.29 is 9.18 Å². The number of carbonyl (C=O) groups is 1. The van der Waals surface area contributed by atoms with Gasteiger partial charge in [0.25, 0.3) is 0 Å². The smallest absolute Gasteiger partial charge is 0.221 e. The van der Waals surface area contributed by atoms with Crippen LogP contribution in [-0.2, 0) is 11.3 Å². The topological polar surface area (TPSA) is 71.2 Å². The SMILES string of the molecule is Cl.NCCC(=O)NCC1CCCCN1Cc1nc2ccc(F)cc2s1. The van der Waals surface area contributed by atoms with Gasteiger partial charge in [0.05, 0.1) is 16.8 Å². The molecule has 3 rings (SSSR count). The Labute approximate surface area is 157 Å². The largest absolute Gasteiger partial charge is 0.354 e. The van der Waals surface area contributed by atoms with Crippen molar-refractivity contribution in [1.29, 1.82) is 0 Å². The van der Waals surface area contributed by atoms with Gasteiger partial charge in [-0.3, -0.25) is 9.69 Å². The highest BCUT2D eigenvalue weighted by molar-refractivity contribution is 7.18. The lowest BCUT2D eigenvalue weighted by atomic mass is 10.0. The van der Waals surface area contributed by atoms with Gasteiger partial charge in [-0.1, -0.05) is 6.42 Å². The van der Waals surface area contributed by atoms with Crippen molar-refractivity contribution in [3.05, 3.63) is 29.0 Å². The van der Waals surface area contributed by atoms with Crippen LogP contribution in [0.15, 0.2) is 18.2 Å². The third-order valence-electron chi connectivity index (χ3n) is 4.39. The average molecular weight is 387 g/mol. The first-order valence-corrected chi connectivity index (χ1v) is 9.23. The van der Waals surface area contributed by atoms with Crippen LogP contribution in [0.5, 0.6) is 0 Å². The highest BCUT2D eigenvalue weighted by Crippen LogP contribution is 2.26. The quantitative estimate of drug-likeness (QED) is 0.800. The number of hydrogen-bond donors (Lipinski definition) is 2. The van der Waals surface area contributed by atoms with E-state index in [-0.39, 0.29) is 24.1 Å². The normalized spacial score (nSPS) is 18.1. The molecule has 2 heterocycles. The maximum atomic E-state index is 13.3. The predicted molar refractivity (Wildman–Crippen MR) is 102 cm³/mol. The van der Waals surface area contributed by atoms with Crippen LogP contribution < -0.4 is 11.1 Å². The molecule has 25 heavy (non-hydrogen) atoms. The van der Waals surface area contributed by atoms with Gasteiger partial charge in [0.1, 0.15) is 10.8 Å². The van der Waals surface area contributed by atoms with Gasteiger partial charge in [-0.25, -0.2) is 9.37 Å². The summed E-state index contributed by atoms with van der Waals surface area (Å²) in [7, 11) is 0. The van der Waals surface area contributed by atoms with E-state index in [1.807, 2.05) is 0 Å². The van der Waals surface area contributed by atoms with Crippen molar-refractivity contribution in [2.75, 3.05) is 19.6 Å². The van der Waals surface area contributed by atoms with E-state index >= 15 is 0 Å². The monoisotopic (exact) mass is 386 g/mol. The zero-order chi connectivity index (χ0) is 16.9. The molecule has 3 N–H and O–H groups in total. The standard InChI is InChI=1S/C17H23FN4OS.ClH/c18-12-4-5-14-15(9-12)24-17(21-14)11-22-8-2-1-3-13(22)10-20-16(23)6-7-19;/h4-5,9,13H,1-3,6-8,10-11,19H2,(H,20,23);1H. The maximum Gasteiger partial charge on any atom is 0.221 e. The zero-order valence-corrected chi connectivity index (χ0v) is 15.7. The number of carbonyl (C=O) groups excluding carboxylic acids is 1. The van der Waals surface area contributed by atoms with E-state index in [1.54, 1.807) is 17.4 Å². The Hall–Kier alpha value is -1.28. The number of fused-ring (bicyclic) bond motifs is 1. The summed E-state index contributed by atoms with van der Waals surface area (Å²) in [4.78, 5) is 18.6. The predicted octanol–water partition coefficient (Wildman–Crippen LogP) is 2.68. The van der Waals surface area contributed by atoms with Gasteiger partial charge < -0.3 is 11.1 Å². The molecule has 1 aromatic heterocycles. The van der Waals surface area contributed by atoms with Gasteiger partial charge in [-0.05, 0) is 37.6 Å². The lowest BCUT2D eigenvalue weighted by molar-refractivity contribution is -0.121. The number of likely N-dealkylation sites (tertiary alicyclic amines) is 1. The Balaban J connectivity index is 0.00000225. The van der Waals surface area contributed by atoms with E-state index in [2.05, 4.69) is 15.2 Å². The minimum absolute atomic E-state index is 0. The van der Waals surface area contributed by atoms with E-state index in [4.69, 9.17) is 5.73 Å². The summed E-state index contributed by atoms with van der Waals surface area (Å²) >= 11 is 1.54. The Bertz CT molecular complexity index is 711. The molecule has 1 atom stereocenters. The van der Waals surface area contributed by atoms with Gasteiger partial charge in [0, 0.05) is 25.6 Å². The van der Waals surface area contributed by atoms with Crippen molar-refractivity contribution in [3.8, 4) is 0 Å². The molecule has 0 saturated carbocycles. The second-order valence-corrected chi connectivity index (χ2v) is 7.30. The molecule has 138 valence electrons. The van der Waals surface area contributed by atoms with E-state index in [0.717, 1.165) is 41.2 Å². The van der Waals surface area contributed by atoms with E-state index in [0.29, 0.717) is 25.6 Å². The molecule has 0 radical (unpaired) electrons. The minimum Gasteiger partial charge on any atom is -0.354 e. The van der Waals surface area contributed by atoms with Crippen LogP contribution in [-0.4, -0.2) is 41.5 Å². The Kier molecular flexibility index (Phi) is 7.56. The molecular weight excluding hydrogens is 363 g/mol. The van der Waals surface area contributed by atoms with Crippen LogP contribution in [0.4, 0.5) is 4.39 Å². The van der Waals surface area contributed by atoms with Gasteiger partial charge in [-0.15, -0.1) is 23.7 Å². The lowest BCUT2D eigenvalue weighted by Gasteiger charge is -2.35. The number of aromatic nitrogens is 1. The molecule has 8 heteroatoms. The summed E-state index contributed by atoms with van der Waals surface area (Å²) in [6.07, 6.45) is 3.78. The number of thiazole rings is 1. The molecule has 1 aliphatic rings. The first kappa shape index (κ1) is 20.0. The van der Waals surface area contributed by atoms with Crippen LogP contribution in [0.25, 0.3) is 10.2 Å². The van der Waals surface area contributed by atoms with Crippen molar-refractivity contribution in [1.82, 2.24) is 15.2 Å². The van der Waals surface area contributed by atoms with E-state index in [9.17, 15) is 9.18 Å². The highest BCUT2D eigenvalue weighted by Gasteiger charge is 2.24. The number of halogens is 2. The summed E-state index contributed by atoms with van der Waals surface area (Å²) in [5, 5.41) is 3.97. The summed E-state index contributed by atoms with van der Waals surface area (Å²) in [5.74, 6) is -0.213. The van der Waals surface area contributed by atoms with Crippen molar-refractivity contribution in [2.45, 2.75) is 38.3 Å². The molecule has 0 bridgehead atoms. The number of hydrogen-bond acceptors (Lipinski definition) is 5.